The number of hydrogen-bond acceptors (Lipinski definition) is 6. The van der Waals surface area contributed by atoms with E-state index in [0.717, 1.165) is 4.90 Å². The van der Waals surface area contributed by atoms with E-state index in [-0.39, 0.29) is 36.1 Å². The smallest absolute Gasteiger partial charge is 0.260 e. The second kappa shape index (κ2) is 8.52. The standard InChI is InChI=1S/C22H21FN4O3S/c1-25(2)11-12-26(22-24-20-16(23)7-4-8-17(20)31-22)21(30)14-5-3-6-15(13-14)27-18(28)9-10-19(27)29/h3-8,13H,9-12H2,1-2H3. The van der Waals surface area contributed by atoms with Crippen LogP contribution in [0.3, 0.4) is 0 Å². The van der Waals surface area contributed by atoms with Crippen molar-refractivity contribution in [3.8, 4) is 0 Å². The Morgan fingerprint density at radius 2 is 1.81 bits per heavy atom. The molecule has 0 bridgehead atoms. The summed E-state index contributed by atoms with van der Waals surface area (Å²) in [7, 11) is 3.79. The first-order valence-corrected chi connectivity index (χ1v) is 10.6. The molecule has 0 aliphatic carbocycles. The predicted molar refractivity (Wildman–Crippen MR) is 118 cm³/mol. The van der Waals surface area contributed by atoms with Crippen LogP contribution in [0.25, 0.3) is 10.2 Å². The molecule has 1 fully saturated rings. The molecule has 0 unspecified atom stereocenters. The van der Waals surface area contributed by atoms with E-state index in [4.69, 9.17) is 0 Å². The summed E-state index contributed by atoms with van der Waals surface area (Å²) in [5.41, 5.74) is 0.928. The lowest BCUT2D eigenvalue weighted by Gasteiger charge is -2.22. The van der Waals surface area contributed by atoms with Crippen LogP contribution in [0.2, 0.25) is 0 Å². The number of benzene rings is 2. The van der Waals surface area contributed by atoms with Crippen LogP contribution in [0, 0.1) is 5.82 Å². The Morgan fingerprint density at radius 3 is 2.48 bits per heavy atom. The number of hydrogen-bond donors (Lipinski definition) is 0. The molecular weight excluding hydrogens is 419 g/mol. The Labute approximate surface area is 182 Å². The first-order chi connectivity index (χ1) is 14.8. The van der Waals surface area contributed by atoms with Crippen molar-refractivity contribution in [1.29, 1.82) is 0 Å². The van der Waals surface area contributed by atoms with Gasteiger partial charge in [-0.1, -0.05) is 23.5 Å². The fourth-order valence-electron chi connectivity index (χ4n) is 3.40. The topological polar surface area (TPSA) is 73.8 Å². The lowest BCUT2D eigenvalue weighted by Crippen LogP contribution is -2.37. The monoisotopic (exact) mass is 440 g/mol. The summed E-state index contributed by atoms with van der Waals surface area (Å²) in [4.78, 5) is 46.6. The lowest BCUT2D eigenvalue weighted by atomic mass is 10.1. The SMILES string of the molecule is CN(C)CCN(C(=O)c1cccc(N2C(=O)CCC2=O)c1)c1nc2c(F)cccc2s1. The van der Waals surface area contributed by atoms with Crippen LogP contribution in [0.15, 0.2) is 42.5 Å². The minimum Gasteiger partial charge on any atom is -0.308 e. The van der Waals surface area contributed by atoms with E-state index in [0.29, 0.717) is 34.2 Å². The molecular formula is C22H21FN4O3S. The Balaban J connectivity index is 1.70. The van der Waals surface area contributed by atoms with Gasteiger partial charge < -0.3 is 4.90 Å². The van der Waals surface area contributed by atoms with Gasteiger partial charge in [0.05, 0.1) is 10.4 Å². The third-order valence-electron chi connectivity index (χ3n) is 5.01. The minimum absolute atomic E-state index is 0.170. The third kappa shape index (κ3) is 4.19. The summed E-state index contributed by atoms with van der Waals surface area (Å²) in [6.45, 7) is 0.923. The van der Waals surface area contributed by atoms with Gasteiger partial charge in [-0.15, -0.1) is 0 Å². The number of amides is 3. The van der Waals surface area contributed by atoms with Crippen molar-refractivity contribution in [2.45, 2.75) is 12.8 Å². The van der Waals surface area contributed by atoms with Gasteiger partial charge in [0.1, 0.15) is 11.3 Å². The molecule has 1 aliphatic heterocycles. The maximum Gasteiger partial charge on any atom is 0.260 e. The van der Waals surface area contributed by atoms with E-state index in [1.807, 2.05) is 19.0 Å². The van der Waals surface area contributed by atoms with Gasteiger partial charge in [-0.2, -0.15) is 0 Å². The lowest BCUT2D eigenvalue weighted by molar-refractivity contribution is -0.121. The molecule has 4 rings (SSSR count). The number of thiazole rings is 1. The molecule has 1 aromatic heterocycles. The second-order valence-corrected chi connectivity index (χ2v) is 8.53. The Morgan fingerprint density at radius 1 is 1.10 bits per heavy atom. The fourth-order valence-corrected chi connectivity index (χ4v) is 4.41. The summed E-state index contributed by atoms with van der Waals surface area (Å²) in [6, 6.07) is 11.2. The van der Waals surface area contributed by atoms with Crippen LogP contribution in [-0.2, 0) is 9.59 Å². The minimum atomic E-state index is -0.437. The van der Waals surface area contributed by atoms with E-state index >= 15 is 0 Å². The first kappa shape index (κ1) is 21.1. The van der Waals surface area contributed by atoms with Crippen LogP contribution in [0.4, 0.5) is 15.2 Å². The molecule has 2 heterocycles. The fraction of sp³-hybridized carbons (Fsp3) is 0.273. The van der Waals surface area contributed by atoms with Gasteiger partial charge >= 0.3 is 0 Å². The van der Waals surface area contributed by atoms with Gasteiger partial charge in [-0.3, -0.25) is 24.2 Å². The second-order valence-electron chi connectivity index (χ2n) is 7.52. The van der Waals surface area contributed by atoms with Crippen molar-refractivity contribution in [3.63, 3.8) is 0 Å². The molecule has 160 valence electrons. The molecule has 3 amide bonds. The van der Waals surface area contributed by atoms with Crippen LogP contribution in [0.5, 0.6) is 0 Å². The number of aromatic nitrogens is 1. The highest BCUT2D eigenvalue weighted by molar-refractivity contribution is 7.22. The Bertz CT molecular complexity index is 1160. The van der Waals surface area contributed by atoms with E-state index in [9.17, 15) is 18.8 Å². The number of rotatable bonds is 6. The number of fused-ring (bicyclic) bond motifs is 1. The van der Waals surface area contributed by atoms with Crippen LogP contribution in [-0.4, -0.2) is 54.8 Å². The largest absolute Gasteiger partial charge is 0.308 e. The summed E-state index contributed by atoms with van der Waals surface area (Å²) in [6.07, 6.45) is 0.340. The average molecular weight is 441 g/mol. The summed E-state index contributed by atoms with van der Waals surface area (Å²) >= 11 is 1.24. The van der Waals surface area contributed by atoms with E-state index in [2.05, 4.69) is 4.98 Å². The Kier molecular flexibility index (Phi) is 5.79. The van der Waals surface area contributed by atoms with Gasteiger partial charge in [-0.05, 0) is 44.4 Å². The molecule has 0 N–H and O–H groups in total. The van der Waals surface area contributed by atoms with Gasteiger partial charge in [-0.25, -0.2) is 9.37 Å². The van der Waals surface area contributed by atoms with Crippen LogP contribution >= 0.6 is 11.3 Å². The van der Waals surface area contributed by atoms with E-state index in [1.165, 1.54) is 22.3 Å². The van der Waals surface area contributed by atoms with Crippen molar-refractivity contribution in [2.75, 3.05) is 37.0 Å². The zero-order valence-electron chi connectivity index (χ0n) is 17.2. The molecule has 1 aliphatic rings. The van der Waals surface area contributed by atoms with Gasteiger partial charge in [0.25, 0.3) is 5.91 Å². The van der Waals surface area contributed by atoms with E-state index in [1.54, 1.807) is 36.4 Å². The number of likely N-dealkylation sites (N-methyl/N-ethyl adjacent to an activating group) is 1. The molecule has 0 spiro atoms. The quantitative estimate of drug-likeness (QED) is 0.550. The zero-order valence-corrected chi connectivity index (χ0v) is 18.0. The van der Waals surface area contributed by atoms with Crippen molar-refractivity contribution in [1.82, 2.24) is 9.88 Å². The molecule has 0 atom stereocenters. The number of para-hydroxylation sites is 1. The van der Waals surface area contributed by atoms with Crippen molar-refractivity contribution in [2.24, 2.45) is 0 Å². The average Bonchev–Trinajstić information content (AvgIpc) is 3.32. The summed E-state index contributed by atoms with van der Waals surface area (Å²) < 4.78 is 14.8. The highest BCUT2D eigenvalue weighted by Crippen LogP contribution is 2.31. The summed E-state index contributed by atoms with van der Waals surface area (Å²) in [5.74, 6) is -1.32. The number of carbonyl (C=O) groups is 3. The van der Waals surface area contributed by atoms with Gasteiger partial charge in [0, 0.05) is 31.5 Å². The normalized spacial score (nSPS) is 14.1. The van der Waals surface area contributed by atoms with Crippen molar-refractivity contribution < 1.29 is 18.8 Å². The highest BCUT2D eigenvalue weighted by atomic mass is 32.1. The molecule has 0 radical (unpaired) electrons. The maximum absolute atomic E-state index is 14.2. The molecule has 9 heteroatoms. The molecule has 7 nitrogen and oxygen atoms in total. The maximum atomic E-state index is 14.2. The number of carbonyl (C=O) groups excluding carboxylic acids is 3. The summed E-state index contributed by atoms with van der Waals surface area (Å²) in [5, 5.41) is 0.394. The zero-order chi connectivity index (χ0) is 22.1. The number of nitrogens with zero attached hydrogens (tertiary/aromatic N) is 4. The molecule has 3 aromatic rings. The molecule has 31 heavy (non-hydrogen) atoms. The predicted octanol–water partition coefficient (Wildman–Crippen LogP) is 3.30. The van der Waals surface area contributed by atoms with Crippen LogP contribution in [0.1, 0.15) is 23.2 Å². The number of anilines is 2. The molecule has 1 saturated heterocycles. The molecule has 0 saturated carbocycles. The first-order valence-electron chi connectivity index (χ1n) is 9.82. The van der Waals surface area contributed by atoms with Crippen molar-refractivity contribution in [3.05, 3.63) is 53.8 Å². The number of halogens is 1. The van der Waals surface area contributed by atoms with Crippen LogP contribution < -0.4 is 9.80 Å². The van der Waals surface area contributed by atoms with Crippen molar-refractivity contribution >= 4 is 50.1 Å². The highest BCUT2D eigenvalue weighted by Gasteiger charge is 2.31. The number of imide groups is 1. The third-order valence-corrected chi connectivity index (χ3v) is 6.05. The van der Waals surface area contributed by atoms with E-state index < -0.39 is 5.82 Å². The molecule has 2 aromatic carbocycles. The van der Waals surface area contributed by atoms with Gasteiger partial charge in [0.2, 0.25) is 11.8 Å². The Hall–Kier alpha value is -3.17. The van der Waals surface area contributed by atoms with Gasteiger partial charge in [0.15, 0.2) is 5.13 Å².